The molecule has 1 aromatic carbocycles. The van der Waals surface area contributed by atoms with Crippen molar-refractivity contribution in [3.63, 3.8) is 0 Å². The zero-order chi connectivity index (χ0) is 13.0. The van der Waals surface area contributed by atoms with E-state index in [9.17, 15) is 10.2 Å². The van der Waals surface area contributed by atoms with Gasteiger partial charge in [0.2, 0.25) is 0 Å². The third-order valence-electron chi connectivity index (χ3n) is 2.66. The van der Waals surface area contributed by atoms with Crippen LogP contribution in [-0.2, 0) is 0 Å². The van der Waals surface area contributed by atoms with E-state index < -0.39 is 12.2 Å². The third kappa shape index (κ3) is 3.61. The quantitative estimate of drug-likeness (QED) is 0.825. The smallest absolute Gasteiger partial charge is 0.161 e. The van der Waals surface area contributed by atoms with Crippen LogP contribution in [0.3, 0.4) is 0 Å². The Balaban J connectivity index is 2.93. The summed E-state index contributed by atoms with van der Waals surface area (Å²) in [7, 11) is 1.54. The van der Waals surface area contributed by atoms with E-state index in [1.807, 2.05) is 0 Å². The van der Waals surface area contributed by atoms with Crippen LogP contribution in [0.2, 0.25) is 0 Å². The molecule has 0 fully saturated rings. The van der Waals surface area contributed by atoms with Crippen molar-refractivity contribution in [1.82, 2.24) is 0 Å². The molecule has 0 amide bonds. The van der Waals surface area contributed by atoms with Gasteiger partial charge < -0.3 is 19.7 Å². The maximum atomic E-state index is 9.47. The Kier molecular flexibility index (Phi) is 4.78. The molecule has 3 unspecified atom stereocenters. The van der Waals surface area contributed by atoms with Crippen molar-refractivity contribution in [3.05, 3.63) is 23.8 Å². The lowest BCUT2D eigenvalue weighted by Crippen LogP contribution is -2.25. The Morgan fingerprint density at radius 3 is 2.18 bits per heavy atom. The van der Waals surface area contributed by atoms with E-state index in [0.717, 1.165) is 5.56 Å². The van der Waals surface area contributed by atoms with Crippen LogP contribution in [0.15, 0.2) is 18.2 Å². The van der Waals surface area contributed by atoms with E-state index in [-0.39, 0.29) is 6.10 Å². The van der Waals surface area contributed by atoms with E-state index in [4.69, 9.17) is 9.47 Å². The Bertz CT molecular complexity index is 360. The second kappa shape index (κ2) is 5.89. The van der Waals surface area contributed by atoms with Crippen LogP contribution in [0.25, 0.3) is 0 Å². The summed E-state index contributed by atoms with van der Waals surface area (Å²) in [5, 5.41) is 18.9. The van der Waals surface area contributed by atoms with Gasteiger partial charge in [-0.3, -0.25) is 0 Å². The van der Waals surface area contributed by atoms with Gasteiger partial charge in [-0.15, -0.1) is 0 Å². The molecular weight excluding hydrogens is 220 g/mol. The number of aliphatic hydroxyl groups excluding tert-OH is 2. The van der Waals surface area contributed by atoms with Gasteiger partial charge >= 0.3 is 0 Å². The summed E-state index contributed by atoms with van der Waals surface area (Å²) in [6.45, 7) is 5.14. The molecule has 3 atom stereocenters. The summed E-state index contributed by atoms with van der Waals surface area (Å²) in [4.78, 5) is 0. The Morgan fingerprint density at radius 2 is 1.71 bits per heavy atom. The van der Waals surface area contributed by atoms with Gasteiger partial charge in [0.1, 0.15) is 6.10 Å². The predicted molar refractivity (Wildman–Crippen MR) is 65.4 cm³/mol. The summed E-state index contributed by atoms with van der Waals surface area (Å²) in [5.74, 6) is 1.11. The highest BCUT2D eigenvalue weighted by Gasteiger charge is 2.14. The maximum Gasteiger partial charge on any atom is 0.161 e. The molecule has 96 valence electrons. The molecule has 1 aromatic rings. The van der Waals surface area contributed by atoms with E-state index in [1.165, 1.54) is 0 Å². The lowest BCUT2D eigenvalue weighted by atomic mass is 10.1. The van der Waals surface area contributed by atoms with Crippen LogP contribution in [0.4, 0.5) is 0 Å². The van der Waals surface area contributed by atoms with Gasteiger partial charge in [-0.2, -0.15) is 0 Å². The Labute approximate surface area is 102 Å². The fourth-order valence-corrected chi connectivity index (χ4v) is 1.34. The first kappa shape index (κ1) is 13.8. The molecule has 0 aromatic heterocycles. The van der Waals surface area contributed by atoms with Crippen molar-refractivity contribution in [1.29, 1.82) is 0 Å². The van der Waals surface area contributed by atoms with Gasteiger partial charge in [-0.05, 0) is 38.5 Å². The van der Waals surface area contributed by atoms with Crippen LogP contribution in [0, 0.1) is 0 Å². The molecule has 1 rings (SSSR count). The van der Waals surface area contributed by atoms with Crippen LogP contribution in [0.5, 0.6) is 11.5 Å². The third-order valence-corrected chi connectivity index (χ3v) is 2.66. The van der Waals surface area contributed by atoms with Gasteiger partial charge in [0.15, 0.2) is 11.5 Å². The van der Waals surface area contributed by atoms with Gasteiger partial charge in [0.25, 0.3) is 0 Å². The monoisotopic (exact) mass is 240 g/mol. The van der Waals surface area contributed by atoms with Crippen molar-refractivity contribution >= 4 is 0 Å². The SMILES string of the molecule is COc1cc(C(C)O)ccc1OC(C)C(C)O. The number of aliphatic hydroxyl groups is 2. The highest BCUT2D eigenvalue weighted by Crippen LogP contribution is 2.31. The average Bonchev–Trinajstić information content (AvgIpc) is 2.28. The zero-order valence-corrected chi connectivity index (χ0v) is 10.7. The second-order valence-corrected chi connectivity index (χ2v) is 4.15. The number of hydrogen-bond acceptors (Lipinski definition) is 4. The second-order valence-electron chi connectivity index (χ2n) is 4.15. The molecule has 0 saturated carbocycles. The Morgan fingerprint density at radius 1 is 1.06 bits per heavy atom. The van der Waals surface area contributed by atoms with E-state index in [0.29, 0.717) is 11.5 Å². The predicted octanol–water partition coefficient (Wildman–Crippen LogP) is 1.90. The summed E-state index contributed by atoms with van der Waals surface area (Å²) >= 11 is 0. The summed E-state index contributed by atoms with van der Waals surface area (Å²) in [6.07, 6.45) is -1.43. The van der Waals surface area contributed by atoms with Crippen molar-refractivity contribution in [2.75, 3.05) is 7.11 Å². The molecule has 17 heavy (non-hydrogen) atoms. The number of ether oxygens (including phenoxy) is 2. The largest absolute Gasteiger partial charge is 0.493 e. The molecule has 0 aliphatic rings. The first-order valence-electron chi connectivity index (χ1n) is 5.66. The van der Waals surface area contributed by atoms with Crippen LogP contribution in [0.1, 0.15) is 32.4 Å². The lowest BCUT2D eigenvalue weighted by Gasteiger charge is -2.19. The summed E-state index contributed by atoms with van der Waals surface area (Å²) in [5.41, 5.74) is 0.763. The van der Waals surface area contributed by atoms with E-state index >= 15 is 0 Å². The van der Waals surface area contributed by atoms with Crippen molar-refractivity contribution in [3.8, 4) is 11.5 Å². The molecule has 0 bridgehead atoms. The standard InChI is InChI=1S/C13H20O4/c1-8(14)10(3)17-12-6-5-11(9(2)15)7-13(12)16-4/h5-10,14-15H,1-4H3. The Hall–Kier alpha value is -1.26. The molecule has 0 spiro atoms. The van der Waals surface area contributed by atoms with Crippen molar-refractivity contribution in [2.24, 2.45) is 0 Å². The summed E-state index contributed by atoms with van der Waals surface area (Å²) in [6, 6.07) is 5.24. The van der Waals surface area contributed by atoms with Crippen LogP contribution < -0.4 is 9.47 Å². The molecule has 0 aliphatic carbocycles. The first-order chi connectivity index (χ1) is 7.95. The number of methoxy groups -OCH3 is 1. The minimum absolute atomic E-state index is 0.318. The number of benzene rings is 1. The van der Waals surface area contributed by atoms with Gasteiger partial charge in [0, 0.05) is 0 Å². The van der Waals surface area contributed by atoms with Crippen LogP contribution in [-0.4, -0.2) is 29.5 Å². The molecule has 0 saturated heterocycles. The lowest BCUT2D eigenvalue weighted by molar-refractivity contribution is 0.0586. The molecular formula is C13H20O4. The number of hydrogen-bond donors (Lipinski definition) is 2. The van der Waals surface area contributed by atoms with Gasteiger partial charge in [0.05, 0.1) is 19.3 Å². The molecule has 0 heterocycles. The molecule has 4 nitrogen and oxygen atoms in total. The molecule has 4 heteroatoms. The highest BCUT2D eigenvalue weighted by atomic mass is 16.5. The minimum atomic E-state index is -0.559. The topological polar surface area (TPSA) is 58.9 Å². The van der Waals surface area contributed by atoms with Crippen molar-refractivity contribution in [2.45, 2.75) is 39.1 Å². The van der Waals surface area contributed by atoms with E-state index in [1.54, 1.807) is 46.1 Å². The first-order valence-corrected chi connectivity index (χ1v) is 5.66. The zero-order valence-electron chi connectivity index (χ0n) is 10.7. The minimum Gasteiger partial charge on any atom is -0.493 e. The number of rotatable bonds is 5. The van der Waals surface area contributed by atoms with Crippen molar-refractivity contribution < 1.29 is 19.7 Å². The molecule has 2 N–H and O–H groups in total. The highest BCUT2D eigenvalue weighted by molar-refractivity contribution is 5.43. The van der Waals surface area contributed by atoms with Gasteiger partial charge in [-0.25, -0.2) is 0 Å². The van der Waals surface area contributed by atoms with E-state index in [2.05, 4.69) is 0 Å². The van der Waals surface area contributed by atoms with Gasteiger partial charge in [-0.1, -0.05) is 6.07 Å². The average molecular weight is 240 g/mol. The fourth-order valence-electron chi connectivity index (χ4n) is 1.34. The summed E-state index contributed by atoms with van der Waals surface area (Å²) < 4.78 is 10.8. The fraction of sp³-hybridized carbons (Fsp3) is 0.538. The maximum absolute atomic E-state index is 9.47. The molecule has 0 aliphatic heterocycles. The normalized spacial score (nSPS) is 16.1. The van der Waals surface area contributed by atoms with Crippen LogP contribution >= 0.6 is 0 Å². The molecule has 0 radical (unpaired) electrons.